The van der Waals surface area contributed by atoms with Crippen LogP contribution in [-0.4, -0.2) is 23.7 Å². The van der Waals surface area contributed by atoms with Gasteiger partial charge in [-0.05, 0) is 49.4 Å². The molecule has 1 aromatic carbocycles. The Kier molecular flexibility index (Phi) is 5.23. The van der Waals surface area contributed by atoms with Crippen LogP contribution in [0.25, 0.3) is 0 Å². The largest absolute Gasteiger partial charge is 0.504 e. The second-order valence-corrected chi connectivity index (χ2v) is 7.22. The highest BCUT2D eigenvalue weighted by Gasteiger charge is 2.25. The topological polar surface area (TPSA) is 32.7 Å². The molecule has 1 atom stereocenters. The van der Waals surface area contributed by atoms with Crippen LogP contribution in [0.3, 0.4) is 0 Å². The molecule has 4 heteroatoms. The molecule has 0 amide bonds. The molecular formula is C19H25NO2S. The fourth-order valence-corrected chi connectivity index (χ4v) is 4.56. The number of hydrogen-bond donors (Lipinski definition) is 1. The van der Waals surface area contributed by atoms with E-state index in [1.54, 1.807) is 7.11 Å². The van der Waals surface area contributed by atoms with Crippen molar-refractivity contribution in [3.63, 3.8) is 0 Å². The Hall–Kier alpha value is -1.52. The van der Waals surface area contributed by atoms with Crippen molar-refractivity contribution in [1.29, 1.82) is 0 Å². The molecule has 1 saturated heterocycles. The average molecular weight is 331 g/mol. The molecule has 3 nitrogen and oxygen atoms in total. The fraction of sp³-hybridized carbons (Fsp3) is 0.474. The Morgan fingerprint density at radius 1 is 1.26 bits per heavy atom. The Morgan fingerprint density at radius 3 is 2.87 bits per heavy atom. The molecular weight excluding hydrogens is 306 g/mol. The molecule has 0 aliphatic carbocycles. The van der Waals surface area contributed by atoms with Gasteiger partial charge in [-0.1, -0.05) is 25.0 Å². The Bertz CT molecular complexity index is 653. The maximum absolute atomic E-state index is 10.4. The van der Waals surface area contributed by atoms with Crippen molar-refractivity contribution in [2.24, 2.45) is 0 Å². The van der Waals surface area contributed by atoms with Crippen LogP contribution < -0.4 is 4.74 Å². The molecule has 3 rings (SSSR count). The van der Waals surface area contributed by atoms with Crippen LogP contribution in [0.5, 0.6) is 11.5 Å². The van der Waals surface area contributed by atoms with E-state index in [0.29, 0.717) is 11.8 Å². The quantitative estimate of drug-likeness (QED) is 0.866. The van der Waals surface area contributed by atoms with Crippen LogP contribution in [0.2, 0.25) is 0 Å². The predicted molar refractivity (Wildman–Crippen MR) is 95.3 cm³/mol. The lowest BCUT2D eigenvalue weighted by atomic mass is 10.0. The van der Waals surface area contributed by atoms with E-state index < -0.39 is 0 Å². The molecule has 1 aliphatic rings. The molecule has 1 aromatic heterocycles. The zero-order chi connectivity index (χ0) is 16.2. The van der Waals surface area contributed by atoms with E-state index in [-0.39, 0.29) is 5.75 Å². The number of aryl methyl sites for hydroxylation is 1. The van der Waals surface area contributed by atoms with Crippen LogP contribution in [0.15, 0.2) is 29.6 Å². The van der Waals surface area contributed by atoms with Crippen molar-refractivity contribution in [3.8, 4) is 11.5 Å². The number of benzene rings is 1. The molecule has 0 radical (unpaired) electrons. The lowest BCUT2D eigenvalue weighted by molar-refractivity contribution is 0.192. The van der Waals surface area contributed by atoms with Gasteiger partial charge in [0.15, 0.2) is 11.5 Å². The van der Waals surface area contributed by atoms with Gasteiger partial charge in [0, 0.05) is 23.0 Å². The van der Waals surface area contributed by atoms with Crippen LogP contribution in [0.1, 0.15) is 47.7 Å². The summed E-state index contributed by atoms with van der Waals surface area (Å²) in [5.74, 6) is 0.835. The van der Waals surface area contributed by atoms with Crippen molar-refractivity contribution in [2.75, 3.05) is 13.7 Å². The van der Waals surface area contributed by atoms with Gasteiger partial charge in [-0.15, -0.1) is 11.3 Å². The monoisotopic (exact) mass is 331 g/mol. The normalized spacial score (nSPS) is 19.5. The third-order valence-corrected chi connectivity index (χ3v) is 5.86. The summed E-state index contributed by atoms with van der Waals surface area (Å²) in [5.41, 5.74) is 2.34. The molecule has 1 fully saturated rings. The van der Waals surface area contributed by atoms with Crippen LogP contribution in [-0.2, 0) is 6.54 Å². The Morgan fingerprint density at radius 2 is 2.13 bits per heavy atom. The van der Waals surface area contributed by atoms with Gasteiger partial charge in [-0.3, -0.25) is 4.90 Å². The number of phenolic OH excluding ortho intramolecular Hbond substituents is 1. The first kappa shape index (κ1) is 16.3. The minimum atomic E-state index is 0.279. The van der Waals surface area contributed by atoms with Gasteiger partial charge < -0.3 is 9.84 Å². The van der Waals surface area contributed by atoms with Crippen molar-refractivity contribution >= 4 is 11.3 Å². The first-order valence-electron chi connectivity index (χ1n) is 8.33. The zero-order valence-electron chi connectivity index (χ0n) is 13.9. The van der Waals surface area contributed by atoms with E-state index >= 15 is 0 Å². The summed E-state index contributed by atoms with van der Waals surface area (Å²) in [6, 6.07) is 8.44. The molecule has 2 heterocycles. The number of phenols is 1. The van der Waals surface area contributed by atoms with Gasteiger partial charge in [-0.2, -0.15) is 0 Å². The average Bonchev–Trinajstić information content (AvgIpc) is 2.84. The van der Waals surface area contributed by atoms with E-state index in [1.165, 1.54) is 36.1 Å². The summed E-state index contributed by atoms with van der Waals surface area (Å²) in [6.07, 6.45) is 5.00. The molecule has 2 aromatic rings. The van der Waals surface area contributed by atoms with Crippen molar-refractivity contribution in [3.05, 3.63) is 45.6 Å². The number of nitrogens with zero attached hydrogens (tertiary/aromatic N) is 1. The molecule has 23 heavy (non-hydrogen) atoms. The van der Waals surface area contributed by atoms with E-state index in [1.807, 2.05) is 29.5 Å². The molecule has 0 bridgehead atoms. The van der Waals surface area contributed by atoms with Gasteiger partial charge in [0.25, 0.3) is 0 Å². The second-order valence-electron chi connectivity index (χ2n) is 6.27. The first-order valence-corrected chi connectivity index (χ1v) is 9.21. The molecule has 0 saturated carbocycles. The lowest BCUT2D eigenvalue weighted by Crippen LogP contribution is -2.28. The molecule has 0 unspecified atom stereocenters. The van der Waals surface area contributed by atoms with Gasteiger partial charge in [0.1, 0.15) is 0 Å². The Balaban J connectivity index is 1.87. The summed E-state index contributed by atoms with van der Waals surface area (Å²) in [7, 11) is 1.60. The van der Waals surface area contributed by atoms with Gasteiger partial charge >= 0.3 is 0 Å². The fourth-order valence-electron chi connectivity index (χ4n) is 3.46. The van der Waals surface area contributed by atoms with Gasteiger partial charge in [0.2, 0.25) is 0 Å². The summed E-state index contributed by atoms with van der Waals surface area (Å²) in [5, 5.41) is 12.6. The Labute approximate surface area is 142 Å². The van der Waals surface area contributed by atoms with Crippen molar-refractivity contribution in [2.45, 2.75) is 45.2 Å². The minimum Gasteiger partial charge on any atom is -0.504 e. The summed E-state index contributed by atoms with van der Waals surface area (Å²) in [6.45, 7) is 4.06. The maximum atomic E-state index is 10.4. The van der Waals surface area contributed by atoms with Crippen LogP contribution >= 0.6 is 11.3 Å². The number of thiophene rings is 1. The second kappa shape index (κ2) is 7.37. The van der Waals surface area contributed by atoms with E-state index in [4.69, 9.17) is 4.74 Å². The number of likely N-dealkylation sites (tertiary alicyclic amines) is 1. The van der Waals surface area contributed by atoms with Crippen LogP contribution in [0.4, 0.5) is 0 Å². The molecule has 1 N–H and O–H groups in total. The smallest absolute Gasteiger partial charge is 0.162 e. The zero-order valence-corrected chi connectivity index (χ0v) is 14.7. The SMILES string of the molecule is COc1cccc(CN2CCCCC[C@@H]2c2sccc2C)c1O. The number of para-hydroxylation sites is 1. The highest BCUT2D eigenvalue weighted by atomic mass is 32.1. The molecule has 1 aliphatic heterocycles. The highest BCUT2D eigenvalue weighted by molar-refractivity contribution is 7.10. The standard InChI is InChI=1S/C19H25NO2S/c1-14-10-12-23-19(14)16-8-4-3-5-11-20(16)13-15-7-6-9-17(22-2)18(15)21/h6-7,9-10,12,16,21H,3-5,8,11,13H2,1-2H3/t16-/m1/s1. The van der Waals surface area contributed by atoms with Crippen LogP contribution in [0, 0.1) is 6.92 Å². The van der Waals surface area contributed by atoms with E-state index in [9.17, 15) is 5.11 Å². The van der Waals surface area contributed by atoms with Crippen molar-refractivity contribution < 1.29 is 9.84 Å². The molecule has 0 spiro atoms. The number of methoxy groups -OCH3 is 1. The number of hydrogen-bond acceptors (Lipinski definition) is 4. The van der Waals surface area contributed by atoms with Gasteiger partial charge in [0.05, 0.1) is 7.11 Å². The maximum Gasteiger partial charge on any atom is 0.162 e. The summed E-state index contributed by atoms with van der Waals surface area (Å²) in [4.78, 5) is 4.01. The highest BCUT2D eigenvalue weighted by Crippen LogP contribution is 2.38. The minimum absolute atomic E-state index is 0.279. The van der Waals surface area contributed by atoms with E-state index in [2.05, 4.69) is 23.3 Å². The lowest BCUT2D eigenvalue weighted by Gasteiger charge is -2.30. The number of aromatic hydroxyl groups is 1. The number of rotatable bonds is 4. The first-order chi connectivity index (χ1) is 11.2. The number of ether oxygens (including phenoxy) is 1. The van der Waals surface area contributed by atoms with E-state index in [0.717, 1.165) is 18.7 Å². The third-order valence-electron chi connectivity index (χ3n) is 4.74. The summed E-state index contributed by atoms with van der Waals surface area (Å²) >= 11 is 1.86. The van der Waals surface area contributed by atoms with Gasteiger partial charge in [-0.25, -0.2) is 0 Å². The van der Waals surface area contributed by atoms with Crippen molar-refractivity contribution in [1.82, 2.24) is 4.90 Å². The third kappa shape index (κ3) is 3.54. The molecule has 124 valence electrons. The summed E-state index contributed by atoms with van der Waals surface area (Å²) < 4.78 is 5.25. The predicted octanol–water partition coefficient (Wildman–Crippen LogP) is 4.89.